The quantitative estimate of drug-likeness (QED) is 0.270. The lowest BCUT2D eigenvalue weighted by atomic mass is 9.59. The SMILES string of the molecule is Cc1cc2c(cc1C)C1(CCC(Nc3cccc(Cl)c3)(C(=O)O)CC1)[C@H](C[C@@H](C)COc1ccnc3c1[C@H](C)CCC3)C2. The Balaban J connectivity index is 1.23. The van der Waals surface area contributed by atoms with E-state index in [0.29, 0.717) is 42.2 Å². The minimum Gasteiger partial charge on any atom is -0.493 e. The molecule has 3 aromatic rings. The zero-order chi connectivity index (χ0) is 30.4. The number of carboxylic acid groups (broad SMARTS) is 1. The van der Waals surface area contributed by atoms with Crippen molar-refractivity contribution >= 4 is 23.3 Å². The van der Waals surface area contributed by atoms with Crippen LogP contribution in [0.5, 0.6) is 5.75 Å². The van der Waals surface area contributed by atoms with Gasteiger partial charge in [-0.1, -0.05) is 43.6 Å². The van der Waals surface area contributed by atoms with E-state index in [2.05, 4.69) is 50.1 Å². The van der Waals surface area contributed by atoms with Gasteiger partial charge in [0.2, 0.25) is 0 Å². The Morgan fingerprint density at radius 1 is 1.14 bits per heavy atom. The van der Waals surface area contributed by atoms with Gasteiger partial charge < -0.3 is 15.2 Å². The number of nitrogens with one attached hydrogen (secondary N) is 1. The Bertz CT molecular complexity index is 1510. The Hall–Kier alpha value is -3.05. The van der Waals surface area contributed by atoms with Crippen LogP contribution in [0.3, 0.4) is 0 Å². The first-order valence-electron chi connectivity index (χ1n) is 16.1. The first-order valence-corrected chi connectivity index (χ1v) is 16.5. The Morgan fingerprint density at radius 2 is 1.91 bits per heavy atom. The molecule has 1 fully saturated rings. The lowest BCUT2D eigenvalue weighted by Crippen LogP contribution is -2.53. The molecule has 0 unspecified atom stereocenters. The van der Waals surface area contributed by atoms with Gasteiger partial charge in [-0.3, -0.25) is 4.98 Å². The predicted molar refractivity (Wildman–Crippen MR) is 174 cm³/mol. The third-order valence-electron chi connectivity index (χ3n) is 10.9. The van der Waals surface area contributed by atoms with Crippen LogP contribution in [-0.2, 0) is 23.1 Å². The summed E-state index contributed by atoms with van der Waals surface area (Å²) >= 11 is 6.24. The van der Waals surface area contributed by atoms with Crippen molar-refractivity contribution in [1.82, 2.24) is 4.98 Å². The summed E-state index contributed by atoms with van der Waals surface area (Å²) in [6, 6.07) is 14.3. The highest BCUT2D eigenvalue weighted by Gasteiger charge is 2.54. The summed E-state index contributed by atoms with van der Waals surface area (Å²) in [6.07, 6.45) is 10.3. The molecule has 0 aliphatic heterocycles. The number of rotatable bonds is 8. The molecule has 43 heavy (non-hydrogen) atoms. The summed E-state index contributed by atoms with van der Waals surface area (Å²) < 4.78 is 6.54. The standard InChI is InChI=1S/C37H45ClN2O3/c1-23(22-43-33-11-16-39-32-10-5-7-24(2)34(32)33)17-28-20-27-18-25(3)26(4)19-31(27)36(28)12-14-37(15-13-36,35(41)42)40-30-9-6-8-29(38)21-30/h6,8-9,11,16,18-19,21,23-24,28,40H,5,7,10,12-15,17,20,22H2,1-4H3,(H,41,42)/t23-,24-,28-,36?,37?/m1/s1. The number of carbonyl (C=O) groups is 1. The second-order valence-electron chi connectivity index (χ2n) is 13.8. The smallest absolute Gasteiger partial charge is 0.329 e. The van der Waals surface area contributed by atoms with Crippen LogP contribution in [0, 0.1) is 25.7 Å². The number of pyridine rings is 1. The van der Waals surface area contributed by atoms with E-state index in [9.17, 15) is 9.90 Å². The lowest BCUT2D eigenvalue weighted by molar-refractivity contribution is -0.144. The molecule has 1 heterocycles. The summed E-state index contributed by atoms with van der Waals surface area (Å²) in [6.45, 7) is 9.69. The molecule has 1 spiro atoms. The molecule has 6 rings (SSSR count). The maximum atomic E-state index is 12.8. The van der Waals surface area contributed by atoms with Crippen molar-refractivity contribution in [2.24, 2.45) is 11.8 Å². The fourth-order valence-electron chi connectivity index (χ4n) is 8.39. The molecule has 0 amide bonds. The lowest BCUT2D eigenvalue weighted by Gasteiger charge is -2.47. The largest absolute Gasteiger partial charge is 0.493 e. The molecule has 0 radical (unpaired) electrons. The van der Waals surface area contributed by atoms with Crippen LogP contribution in [0.15, 0.2) is 48.7 Å². The van der Waals surface area contributed by atoms with Crippen LogP contribution in [0.1, 0.15) is 98.2 Å². The van der Waals surface area contributed by atoms with E-state index in [4.69, 9.17) is 16.3 Å². The zero-order valence-electron chi connectivity index (χ0n) is 26.0. The number of benzene rings is 2. The summed E-state index contributed by atoms with van der Waals surface area (Å²) in [5.41, 5.74) is 7.79. The van der Waals surface area contributed by atoms with Gasteiger partial charge in [0.1, 0.15) is 11.3 Å². The molecule has 2 aromatic carbocycles. The van der Waals surface area contributed by atoms with Gasteiger partial charge in [0.05, 0.1) is 6.61 Å². The van der Waals surface area contributed by atoms with E-state index in [-0.39, 0.29) is 5.41 Å². The minimum absolute atomic E-state index is 0.0264. The van der Waals surface area contributed by atoms with Crippen molar-refractivity contribution < 1.29 is 14.6 Å². The molecule has 2 N–H and O–H groups in total. The molecular weight excluding hydrogens is 556 g/mol. The highest BCUT2D eigenvalue weighted by atomic mass is 35.5. The second kappa shape index (κ2) is 11.8. The van der Waals surface area contributed by atoms with Gasteiger partial charge in [-0.15, -0.1) is 0 Å². The first-order chi connectivity index (χ1) is 20.6. The van der Waals surface area contributed by atoms with Crippen LogP contribution < -0.4 is 10.1 Å². The fraction of sp³-hybridized carbons (Fsp3) is 0.514. The highest BCUT2D eigenvalue weighted by molar-refractivity contribution is 6.30. The summed E-state index contributed by atoms with van der Waals surface area (Å²) in [4.78, 5) is 17.5. The van der Waals surface area contributed by atoms with Crippen molar-refractivity contribution in [2.45, 2.75) is 102 Å². The van der Waals surface area contributed by atoms with E-state index in [1.165, 1.54) is 46.4 Å². The molecular formula is C37H45ClN2O3. The number of nitrogens with zero attached hydrogens (tertiary/aromatic N) is 1. The molecule has 5 nitrogen and oxygen atoms in total. The van der Waals surface area contributed by atoms with Crippen molar-refractivity contribution in [3.05, 3.63) is 87.2 Å². The Morgan fingerprint density at radius 3 is 2.65 bits per heavy atom. The summed E-state index contributed by atoms with van der Waals surface area (Å²) in [7, 11) is 0. The van der Waals surface area contributed by atoms with E-state index < -0.39 is 11.5 Å². The second-order valence-corrected chi connectivity index (χ2v) is 14.2. The molecule has 0 bridgehead atoms. The number of aromatic nitrogens is 1. The van der Waals surface area contributed by atoms with Crippen LogP contribution in [-0.4, -0.2) is 28.2 Å². The third-order valence-corrected chi connectivity index (χ3v) is 11.1. The maximum absolute atomic E-state index is 12.8. The van der Waals surface area contributed by atoms with Crippen LogP contribution in [0.4, 0.5) is 5.69 Å². The number of hydrogen-bond acceptors (Lipinski definition) is 4. The van der Waals surface area contributed by atoms with Crippen molar-refractivity contribution in [1.29, 1.82) is 0 Å². The van der Waals surface area contributed by atoms with Gasteiger partial charge in [-0.25, -0.2) is 4.79 Å². The monoisotopic (exact) mass is 600 g/mol. The molecule has 1 aromatic heterocycles. The van der Waals surface area contributed by atoms with E-state index in [1.54, 1.807) is 0 Å². The zero-order valence-corrected chi connectivity index (χ0v) is 26.8. The number of aryl methyl sites for hydroxylation is 3. The predicted octanol–water partition coefficient (Wildman–Crippen LogP) is 8.82. The van der Waals surface area contributed by atoms with Gasteiger partial charge in [-0.2, -0.15) is 0 Å². The minimum atomic E-state index is -1.01. The number of ether oxygens (including phenoxy) is 1. The number of carboxylic acids is 1. The Kier molecular flexibility index (Phi) is 8.23. The average molecular weight is 601 g/mol. The number of fused-ring (bicyclic) bond motifs is 3. The fourth-order valence-corrected chi connectivity index (χ4v) is 8.58. The summed E-state index contributed by atoms with van der Waals surface area (Å²) in [5.74, 6) is 1.53. The molecule has 3 aliphatic rings. The van der Waals surface area contributed by atoms with Gasteiger partial charge in [0.15, 0.2) is 0 Å². The number of halogens is 1. The molecule has 6 heteroatoms. The normalized spacial score (nSPS) is 26.9. The maximum Gasteiger partial charge on any atom is 0.329 e. The van der Waals surface area contributed by atoms with E-state index >= 15 is 0 Å². The molecule has 3 aliphatic carbocycles. The van der Waals surface area contributed by atoms with Gasteiger partial charge in [0, 0.05) is 28.2 Å². The first kappa shape index (κ1) is 30.0. The topological polar surface area (TPSA) is 71.5 Å². The number of aliphatic carboxylic acids is 1. The van der Waals surface area contributed by atoms with Gasteiger partial charge in [-0.05, 0) is 141 Å². The molecule has 228 valence electrons. The number of hydrogen-bond donors (Lipinski definition) is 2. The van der Waals surface area contributed by atoms with Gasteiger partial charge >= 0.3 is 5.97 Å². The van der Waals surface area contributed by atoms with Crippen LogP contribution in [0.25, 0.3) is 0 Å². The van der Waals surface area contributed by atoms with Crippen molar-refractivity contribution in [2.75, 3.05) is 11.9 Å². The third kappa shape index (κ3) is 5.66. The van der Waals surface area contributed by atoms with Crippen molar-refractivity contribution in [3.8, 4) is 5.75 Å². The van der Waals surface area contributed by atoms with E-state index in [0.717, 1.165) is 43.5 Å². The van der Waals surface area contributed by atoms with Gasteiger partial charge in [0.25, 0.3) is 0 Å². The summed E-state index contributed by atoms with van der Waals surface area (Å²) in [5, 5.41) is 14.5. The van der Waals surface area contributed by atoms with E-state index in [1.807, 2.05) is 36.5 Å². The van der Waals surface area contributed by atoms with Crippen LogP contribution in [0.2, 0.25) is 5.02 Å². The van der Waals surface area contributed by atoms with Crippen LogP contribution >= 0.6 is 11.6 Å². The molecule has 1 saturated carbocycles. The molecule has 3 atom stereocenters. The highest BCUT2D eigenvalue weighted by Crippen LogP contribution is 2.56. The number of anilines is 1. The average Bonchev–Trinajstić information content (AvgIpc) is 3.24. The van der Waals surface area contributed by atoms with Crippen molar-refractivity contribution in [3.63, 3.8) is 0 Å². The molecule has 0 saturated heterocycles. The Labute approximate surface area is 261 Å².